The van der Waals surface area contributed by atoms with Crippen molar-refractivity contribution in [3.63, 3.8) is 0 Å². The second kappa shape index (κ2) is 2.46. The van der Waals surface area contributed by atoms with Crippen molar-refractivity contribution in [1.82, 2.24) is 4.57 Å². The van der Waals surface area contributed by atoms with Crippen molar-refractivity contribution in [1.29, 1.82) is 0 Å². The van der Waals surface area contributed by atoms with E-state index in [-0.39, 0.29) is 0 Å². The van der Waals surface area contributed by atoms with Crippen LogP contribution >= 0.6 is 0 Å². The summed E-state index contributed by atoms with van der Waals surface area (Å²) in [6.45, 7) is 1.80. The number of hydrogen-bond donors (Lipinski definition) is 0. The van der Waals surface area contributed by atoms with Gasteiger partial charge in [0.1, 0.15) is 0 Å². The zero-order valence-electron chi connectivity index (χ0n) is 5.86. The van der Waals surface area contributed by atoms with Gasteiger partial charge >= 0.3 is 0 Å². The first-order valence-corrected chi connectivity index (χ1v) is 3.67. The molecule has 2 rings (SSSR count). The zero-order valence-corrected chi connectivity index (χ0v) is 5.86. The molecule has 1 unspecified atom stereocenters. The third-order valence-electron chi connectivity index (χ3n) is 1.95. The molecule has 10 heavy (non-hydrogen) atoms. The lowest BCUT2D eigenvalue weighted by Crippen LogP contribution is -2.05. The van der Waals surface area contributed by atoms with Gasteiger partial charge in [-0.3, -0.25) is 0 Å². The maximum absolute atomic E-state index is 5.26. The summed E-state index contributed by atoms with van der Waals surface area (Å²) in [5.41, 5.74) is 0. The summed E-state index contributed by atoms with van der Waals surface area (Å²) in [4.78, 5) is 0. The van der Waals surface area contributed by atoms with Crippen molar-refractivity contribution in [2.24, 2.45) is 0 Å². The maximum Gasteiger partial charge on any atom is 0.0674 e. The zero-order chi connectivity index (χ0) is 6.81. The van der Waals surface area contributed by atoms with Crippen LogP contribution in [0.3, 0.4) is 0 Å². The molecule has 0 radical (unpaired) electrons. The van der Waals surface area contributed by atoms with E-state index >= 15 is 0 Å². The monoisotopic (exact) mass is 137 g/mol. The highest BCUT2D eigenvalue weighted by Gasteiger charge is 2.15. The first-order valence-electron chi connectivity index (χ1n) is 3.67. The van der Waals surface area contributed by atoms with Gasteiger partial charge in [-0.2, -0.15) is 0 Å². The van der Waals surface area contributed by atoms with Gasteiger partial charge in [0.15, 0.2) is 0 Å². The predicted molar refractivity (Wildman–Crippen MR) is 38.9 cm³/mol. The SMILES string of the molecule is c1ccn(C2CCOC2)c1. The molecule has 1 aliphatic heterocycles. The standard InChI is InChI=1S/C8H11NO/c1-2-5-9(4-1)8-3-6-10-7-8/h1-2,4-5,8H,3,6-7H2. The molecule has 1 atom stereocenters. The van der Waals surface area contributed by atoms with Gasteiger partial charge in [-0.25, -0.2) is 0 Å². The Morgan fingerprint density at radius 3 is 2.70 bits per heavy atom. The van der Waals surface area contributed by atoms with Crippen molar-refractivity contribution >= 4 is 0 Å². The number of aromatic nitrogens is 1. The summed E-state index contributed by atoms with van der Waals surface area (Å²) in [5, 5.41) is 0. The Bertz CT molecular complexity index is 187. The van der Waals surface area contributed by atoms with Crippen LogP contribution < -0.4 is 0 Å². The molecule has 0 N–H and O–H groups in total. The molecule has 2 heteroatoms. The van der Waals surface area contributed by atoms with E-state index in [1.54, 1.807) is 0 Å². The molecule has 0 spiro atoms. The minimum absolute atomic E-state index is 0.593. The summed E-state index contributed by atoms with van der Waals surface area (Å²) < 4.78 is 7.48. The Hall–Kier alpha value is -0.760. The van der Waals surface area contributed by atoms with Gasteiger partial charge in [0, 0.05) is 19.0 Å². The van der Waals surface area contributed by atoms with E-state index in [1.165, 1.54) is 0 Å². The van der Waals surface area contributed by atoms with E-state index in [0.29, 0.717) is 6.04 Å². The van der Waals surface area contributed by atoms with Crippen LogP contribution in [-0.4, -0.2) is 17.8 Å². The molecule has 1 aliphatic rings. The lowest BCUT2D eigenvalue weighted by atomic mass is 10.3. The Morgan fingerprint density at radius 2 is 2.10 bits per heavy atom. The molecule has 1 fully saturated rings. The first-order chi connectivity index (χ1) is 4.97. The Kier molecular flexibility index (Phi) is 1.47. The van der Waals surface area contributed by atoms with Gasteiger partial charge in [0.2, 0.25) is 0 Å². The maximum atomic E-state index is 5.26. The Labute approximate surface area is 60.4 Å². The van der Waals surface area contributed by atoms with Gasteiger partial charge in [-0.1, -0.05) is 0 Å². The van der Waals surface area contributed by atoms with E-state index < -0.39 is 0 Å². The number of rotatable bonds is 1. The Morgan fingerprint density at radius 1 is 1.30 bits per heavy atom. The third-order valence-corrected chi connectivity index (χ3v) is 1.95. The van der Waals surface area contributed by atoms with Gasteiger partial charge in [0.25, 0.3) is 0 Å². The normalized spacial score (nSPS) is 25.4. The molecule has 1 saturated heterocycles. The fourth-order valence-electron chi connectivity index (χ4n) is 1.35. The van der Waals surface area contributed by atoms with Gasteiger partial charge in [0.05, 0.1) is 12.6 Å². The van der Waals surface area contributed by atoms with Gasteiger partial charge < -0.3 is 9.30 Å². The second-order valence-corrected chi connectivity index (χ2v) is 2.65. The highest BCUT2D eigenvalue weighted by Crippen LogP contribution is 2.17. The first kappa shape index (κ1) is 5.98. The lowest BCUT2D eigenvalue weighted by molar-refractivity contribution is 0.186. The molecule has 0 aliphatic carbocycles. The van der Waals surface area contributed by atoms with Crippen molar-refractivity contribution < 1.29 is 4.74 Å². The average Bonchev–Trinajstić information content (AvgIpc) is 2.59. The van der Waals surface area contributed by atoms with Crippen molar-refractivity contribution in [2.45, 2.75) is 12.5 Å². The summed E-state index contributed by atoms with van der Waals surface area (Å²) in [6, 6.07) is 4.70. The summed E-state index contributed by atoms with van der Waals surface area (Å²) >= 11 is 0. The topological polar surface area (TPSA) is 14.2 Å². The highest BCUT2D eigenvalue weighted by molar-refractivity contribution is 4.93. The van der Waals surface area contributed by atoms with Crippen LogP contribution in [0.5, 0.6) is 0 Å². The molecule has 0 aromatic carbocycles. The summed E-state index contributed by atoms with van der Waals surface area (Å²) in [6.07, 6.45) is 5.35. The predicted octanol–water partition coefficient (Wildman–Crippen LogP) is 1.45. The van der Waals surface area contributed by atoms with E-state index in [9.17, 15) is 0 Å². The van der Waals surface area contributed by atoms with E-state index in [1.807, 2.05) is 0 Å². The molecule has 1 aromatic rings. The molecule has 2 heterocycles. The largest absolute Gasteiger partial charge is 0.379 e. The minimum Gasteiger partial charge on any atom is -0.379 e. The highest BCUT2D eigenvalue weighted by atomic mass is 16.5. The number of hydrogen-bond acceptors (Lipinski definition) is 1. The number of ether oxygens (including phenoxy) is 1. The second-order valence-electron chi connectivity index (χ2n) is 2.65. The fourth-order valence-corrected chi connectivity index (χ4v) is 1.35. The van der Waals surface area contributed by atoms with Crippen LogP contribution in [0.1, 0.15) is 12.5 Å². The quantitative estimate of drug-likeness (QED) is 0.571. The lowest BCUT2D eigenvalue weighted by Gasteiger charge is -2.08. The number of nitrogens with zero attached hydrogens (tertiary/aromatic N) is 1. The van der Waals surface area contributed by atoms with Crippen LogP contribution in [0.4, 0.5) is 0 Å². The molecule has 54 valence electrons. The smallest absolute Gasteiger partial charge is 0.0674 e. The van der Waals surface area contributed by atoms with Gasteiger partial charge in [-0.05, 0) is 18.6 Å². The van der Waals surface area contributed by atoms with E-state index in [2.05, 4.69) is 29.1 Å². The minimum atomic E-state index is 0.593. The van der Waals surface area contributed by atoms with Crippen molar-refractivity contribution in [3.8, 4) is 0 Å². The molecule has 0 saturated carbocycles. The third kappa shape index (κ3) is 0.948. The van der Waals surface area contributed by atoms with Crippen LogP contribution in [0.2, 0.25) is 0 Å². The van der Waals surface area contributed by atoms with Crippen LogP contribution in [0, 0.1) is 0 Å². The van der Waals surface area contributed by atoms with Gasteiger partial charge in [-0.15, -0.1) is 0 Å². The van der Waals surface area contributed by atoms with Crippen LogP contribution in [0.15, 0.2) is 24.5 Å². The molecule has 1 aromatic heterocycles. The molecule has 0 bridgehead atoms. The fraction of sp³-hybridized carbons (Fsp3) is 0.500. The molecule has 2 nitrogen and oxygen atoms in total. The molecular formula is C8H11NO. The van der Waals surface area contributed by atoms with Crippen molar-refractivity contribution in [3.05, 3.63) is 24.5 Å². The Balaban J connectivity index is 2.12. The van der Waals surface area contributed by atoms with E-state index in [0.717, 1.165) is 19.6 Å². The average molecular weight is 137 g/mol. The van der Waals surface area contributed by atoms with Crippen molar-refractivity contribution in [2.75, 3.05) is 13.2 Å². The van der Waals surface area contributed by atoms with Crippen LogP contribution in [0.25, 0.3) is 0 Å². The summed E-state index contributed by atoms with van der Waals surface area (Å²) in [5.74, 6) is 0. The molecule has 0 amide bonds. The van der Waals surface area contributed by atoms with Crippen LogP contribution in [-0.2, 0) is 4.74 Å². The molecular weight excluding hydrogens is 126 g/mol. The summed E-state index contributed by atoms with van der Waals surface area (Å²) in [7, 11) is 0. The van der Waals surface area contributed by atoms with E-state index in [4.69, 9.17) is 4.74 Å².